The van der Waals surface area contributed by atoms with E-state index in [9.17, 15) is 13.2 Å². The molecule has 0 spiro atoms. The molecule has 0 aliphatic heterocycles. The molecule has 2 atom stereocenters. The largest absolute Gasteiger partial charge is 0.353 e. The normalized spacial score (nSPS) is 18.8. The fourth-order valence-electron chi connectivity index (χ4n) is 4.14. The van der Waals surface area contributed by atoms with Crippen LogP contribution in [0.25, 0.3) is 0 Å². The molecule has 2 unspecified atom stereocenters. The van der Waals surface area contributed by atoms with Crippen LogP contribution in [-0.4, -0.2) is 26.1 Å². The van der Waals surface area contributed by atoms with Crippen molar-refractivity contribution in [2.24, 2.45) is 0 Å². The standard InChI is InChI=1S/C23H30N2O3S/c1-3-13-29(27,28)24-16-19-9-10-20-11-12-23(25-17(2)26)22(21(20)15-19)14-18-7-5-4-6-8-18/h4-10,15,22-24H,3,11-14,16H2,1-2H3,(H,25,26). The lowest BCUT2D eigenvalue weighted by Gasteiger charge is -2.34. The van der Waals surface area contributed by atoms with Gasteiger partial charge in [0.2, 0.25) is 15.9 Å². The van der Waals surface area contributed by atoms with Crippen molar-refractivity contribution in [3.63, 3.8) is 0 Å². The summed E-state index contributed by atoms with van der Waals surface area (Å²) in [4.78, 5) is 11.8. The second-order valence-electron chi connectivity index (χ2n) is 7.82. The Hall–Kier alpha value is -2.18. The van der Waals surface area contributed by atoms with Crippen molar-refractivity contribution in [2.45, 2.75) is 58.0 Å². The van der Waals surface area contributed by atoms with Crippen LogP contribution in [0.5, 0.6) is 0 Å². The number of aryl methyl sites for hydroxylation is 1. The minimum atomic E-state index is -3.25. The zero-order valence-electron chi connectivity index (χ0n) is 17.1. The third-order valence-corrected chi connectivity index (χ3v) is 7.01. The highest BCUT2D eigenvalue weighted by Gasteiger charge is 2.30. The minimum Gasteiger partial charge on any atom is -0.353 e. The summed E-state index contributed by atoms with van der Waals surface area (Å²) in [5.74, 6) is 0.288. The molecule has 3 rings (SSSR count). The average Bonchev–Trinajstić information content (AvgIpc) is 2.68. The number of fused-ring (bicyclic) bond motifs is 1. The number of nitrogens with one attached hydrogen (secondary N) is 2. The third-order valence-electron chi connectivity index (χ3n) is 5.48. The van der Waals surface area contributed by atoms with Crippen molar-refractivity contribution in [3.8, 4) is 0 Å². The van der Waals surface area contributed by atoms with Gasteiger partial charge < -0.3 is 5.32 Å². The van der Waals surface area contributed by atoms with Gasteiger partial charge in [0, 0.05) is 25.4 Å². The molecule has 0 bridgehead atoms. The van der Waals surface area contributed by atoms with Crippen molar-refractivity contribution >= 4 is 15.9 Å². The molecule has 2 N–H and O–H groups in total. The Morgan fingerprint density at radius 3 is 2.55 bits per heavy atom. The van der Waals surface area contributed by atoms with E-state index in [1.165, 1.54) is 16.7 Å². The van der Waals surface area contributed by atoms with Gasteiger partial charge in [-0.3, -0.25) is 4.79 Å². The number of hydrogen-bond acceptors (Lipinski definition) is 3. The van der Waals surface area contributed by atoms with Crippen molar-refractivity contribution in [3.05, 3.63) is 70.8 Å². The Morgan fingerprint density at radius 2 is 1.86 bits per heavy atom. The molecular formula is C23H30N2O3S. The van der Waals surface area contributed by atoms with Crippen LogP contribution in [0.4, 0.5) is 0 Å². The number of carbonyl (C=O) groups excluding carboxylic acids is 1. The molecule has 156 valence electrons. The smallest absolute Gasteiger partial charge is 0.217 e. The van der Waals surface area contributed by atoms with E-state index in [1.807, 2.05) is 31.2 Å². The van der Waals surface area contributed by atoms with E-state index in [0.717, 1.165) is 24.8 Å². The van der Waals surface area contributed by atoms with Gasteiger partial charge in [0.05, 0.1) is 5.75 Å². The summed E-state index contributed by atoms with van der Waals surface area (Å²) in [5.41, 5.74) is 4.68. The number of hydrogen-bond donors (Lipinski definition) is 2. The maximum atomic E-state index is 12.0. The van der Waals surface area contributed by atoms with Crippen molar-refractivity contribution in [2.75, 3.05) is 5.75 Å². The molecular weight excluding hydrogens is 384 g/mol. The number of carbonyl (C=O) groups is 1. The van der Waals surface area contributed by atoms with Crippen molar-refractivity contribution in [1.29, 1.82) is 0 Å². The van der Waals surface area contributed by atoms with Crippen LogP contribution in [0.1, 0.15) is 54.9 Å². The topological polar surface area (TPSA) is 75.3 Å². The second kappa shape index (κ2) is 9.55. The first-order chi connectivity index (χ1) is 13.9. The Bertz CT molecular complexity index is 942. The van der Waals surface area contributed by atoms with Crippen LogP contribution in [0.3, 0.4) is 0 Å². The zero-order valence-corrected chi connectivity index (χ0v) is 18.0. The summed E-state index contributed by atoms with van der Waals surface area (Å²) in [6.45, 7) is 3.71. The molecule has 0 heterocycles. The van der Waals surface area contributed by atoms with E-state index in [4.69, 9.17) is 0 Å². The van der Waals surface area contributed by atoms with Crippen LogP contribution in [-0.2, 0) is 34.2 Å². The molecule has 0 fully saturated rings. The summed E-state index contributed by atoms with van der Waals surface area (Å²) in [6.07, 6.45) is 3.25. The summed E-state index contributed by atoms with van der Waals surface area (Å²) in [6, 6.07) is 16.6. The zero-order chi connectivity index (χ0) is 20.9. The Morgan fingerprint density at radius 1 is 1.10 bits per heavy atom. The highest BCUT2D eigenvalue weighted by Crippen LogP contribution is 2.35. The van der Waals surface area contributed by atoms with Gasteiger partial charge in [0.1, 0.15) is 0 Å². The van der Waals surface area contributed by atoms with Gasteiger partial charge in [-0.2, -0.15) is 0 Å². The number of amides is 1. The van der Waals surface area contributed by atoms with E-state index in [2.05, 4.69) is 34.3 Å². The molecule has 5 nitrogen and oxygen atoms in total. The first-order valence-electron chi connectivity index (χ1n) is 10.3. The van der Waals surface area contributed by atoms with E-state index in [1.54, 1.807) is 6.92 Å². The van der Waals surface area contributed by atoms with E-state index >= 15 is 0 Å². The molecule has 0 saturated carbocycles. The van der Waals surface area contributed by atoms with E-state index < -0.39 is 10.0 Å². The van der Waals surface area contributed by atoms with Gasteiger partial charge in [0.15, 0.2) is 0 Å². The molecule has 0 saturated heterocycles. The van der Waals surface area contributed by atoms with Gasteiger partial charge in [0.25, 0.3) is 0 Å². The first-order valence-corrected chi connectivity index (χ1v) is 11.9. The maximum Gasteiger partial charge on any atom is 0.217 e. The highest BCUT2D eigenvalue weighted by atomic mass is 32.2. The summed E-state index contributed by atoms with van der Waals surface area (Å²) in [5, 5.41) is 3.13. The molecule has 2 aromatic rings. The van der Waals surface area contributed by atoms with Crippen LogP contribution < -0.4 is 10.0 Å². The summed E-state index contributed by atoms with van der Waals surface area (Å²) >= 11 is 0. The lowest BCUT2D eigenvalue weighted by atomic mass is 9.75. The fourth-order valence-corrected chi connectivity index (χ4v) is 5.21. The fraction of sp³-hybridized carbons (Fsp3) is 0.435. The number of rotatable bonds is 8. The van der Waals surface area contributed by atoms with Crippen molar-refractivity contribution in [1.82, 2.24) is 10.0 Å². The number of benzene rings is 2. The second-order valence-corrected chi connectivity index (χ2v) is 9.74. The summed E-state index contributed by atoms with van der Waals surface area (Å²) < 4.78 is 26.7. The monoisotopic (exact) mass is 414 g/mol. The minimum absolute atomic E-state index is 0.0139. The first kappa shape index (κ1) is 21.5. The van der Waals surface area contributed by atoms with Crippen LogP contribution >= 0.6 is 0 Å². The molecule has 0 aromatic heterocycles. The van der Waals surface area contributed by atoms with Gasteiger partial charge >= 0.3 is 0 Å². The molecule has 6 heteroatoms. The Labute approximate surface area is 174 Å². The van der Waals surface area contributed by atoms with Crippen LogP contribution in [0, 0.1) is 0 Å². The van der Waals surface area contributed by atoms with Gasteiger partial charge in [-0.15, -0.1) is 0 Å². The SMILES string of the molecule is CCCS(=O)(=O)NCc1ccc2c(c1)C(Cc1ccccc1)C(NC(C)=O)CC2. The van der Waals surface area contributed by atoms with Gasteiger partial charge in [-0.25, -0.2) is 13.1 Å². The molecule has 0 radical (unpaired) electrons. The quantitative estimate of drug-likeness (QED) is 0.696. The Balaban J connectivity index is 1.87. The average molecular weight is 415 g/mol. The molecule has 2 aromatic carbocycles. The lowest BCUT2D eigenvalue weighted by Crippen LogP contribution is -2.41. The lowest BCUT2D eigenvalue weighted by molar-refractivity contribution is -0.119. The van der Waals surface area contributed by atoms with Crippen molar-refractivity contribution < 1.29 is 13.2 Å². The van der Waals surface area contributed by atoms with E-state index in [0.29, 0.717) is 13.0 Å². The highest BCUT2D eigenvalue weighted by molar-refractivity contribution is 7.89. The van der Waals surface area contributed by atoms with Gasteiger partial charge in [-0.05, 0) is 47.9 Å². The van der Waals surface area contributed by atoms with Crippen LogP contribution in [0.2, 0.25) is 0 Å². The van der Waals surface area contributed by atoms with Crippen LogP contribution in [0.15, 0.2) is 48.5 Å². The predicted molar refractivity (Wildman–Crippen MR) is 116 cm³/mol. The Kier molecular flexibility index (Phi) is 7.09. The maximum absolute atomic E-state index is 12.0. The third kappa shape index (κ3) is 5.90. The predicted octanol–water partition coefficient (Wildman–Crippen LogP) is 3.29. The molecule has 29 heavy (non-hydrogen) atoms. The van der Waals surface area contributed by atoms with Gasteiger partial charge in [-0.1, -0.05) is 55.5 Å². The summed E-state index contributed by atoms with van der Waals surface area (Å²) in [7, 11) is -3.25. The molecule has 1 amide bonds. The van der Waals surface area contributed by atoms with E-state index in [-0.39, 0.29) is 23.6 Å². The molecule has 1 aliphatic carbocycles. The molecule has 1 aliphatic rings. The number of sulfonamides is 1.